The highest BCUT2D eigenvalue weighted by Gasteiger charge is 2.51. The summed E-state index contributed by atoms with van der Waals surface area (Å²) < 4.78 is 35.7. The van der Waals surface area contributed by atoms with Crippen LogP contribution in [0.15, 0.2) is 12.2 Å². The van der Waals surface area contributed by atoms with Crippen molar-refractivity contribution in [2.45, 2.75) is 142 Å². The number of quaternary nitrogens is 1. The number of carbonyl (C=O) groups is 1. The van der Waals surface area contributed by atoms with E-state index >= 15 is 0 Å². The molecular formula is C31H62N2O7P+. The lowest BCUT2D eigenvalue weighted by Gasteiger charge is -2.35. The first-order chi connectivity index (χ1) is 19.0. The van der Waals surface area contributed by atoms with Crippen LogP contribution in [0, 0.1) is 0 Å². The Bertz CT molecular complexity index is 820. The van der Waals surface area contributed by atoms with Gasteiger partial charge in [-0.2, -0.15) is 0 Å². The number of allylic oxidation sites excluding steroid dienone is 1. The predicted molar refractivity (Wildman–Crippen MR) is 166 cm³/mol. The van der Waals surface area contributed by atoms with Gasteiger partial charge in [-0.1, -0.05) is 83.3 Å². The summed E-state index contributed by atoms with van der Waals surface area (Å²) in [6, 6.07) is -0.657. The largest absolute Gasteiger partial charge is 0.472 e. The van der Waals surface area contributed by atoms with Crippen molar-refractivity contribution in [2.24, 2.45) is 0 Å². The third kappa shape index (κ3) is 17.1. The van der Waals surface area contributed by atoms with Crippen molar-refractivity contribution in [1.29, 1.82) is 0 Å². The van der Waals surface area contributed by atoms with Gasteiger partial charge in [-0.05, 0) is 47.5 Å². The Morgan fingerprint density at radius 1 is 0.976 bits per heavy atom. The second-order valence-corrected chi connectivity index (χ2v) is 15.3. The van der Waals surface area contributed by atoms with Gasteiger partial charge in [0, 0.05) is 0 Å². The minimum absolute atomic E-state index is 0.0714. The number of nitrogens with zero attached hydrogens (tertiary/aromatic N) is 2. The number of phosphoric ester groups is 1. The maximum Gasteiger partial charge on any atom is 0.472 e. The predicted octanol–water partition coefficient (Wildman–Crippen LogP) is 7.82. The maximum absolute atomic E-state index is 13.2. The minimum atomic E-state index is -4.33. The lowest BCUT2D eigenvalue weighted by Crippen LogP contribution is -2.51. The highest BCUT2D eigenvalue weighted by Crippen LogP contribution is 2.45. The first-order valence-corrected chi connectivity index (χ1v) is 17.3. The molecule has 1 unspecified atom stereocenters. The second-order valence-electron chi connectivity index (χ2n) is 13.8. The molecule has 242 valence electrons. The normalized spacial score (nSPS) is 21.0. The molecule has 1 rings (SSSR count). The molecule has 1 N–H and O–H groups in total. The molecule has 0 saturated carbocycles. The van der Waals surface area contributed by atoms with Crippen molar-refractivity contribution in [2.75, 3.05) is 40.9 Å². The maximum atomic E-state index is 13.2. The molecule has 0 aromatic rings. The first kappa shape index (κ1) is 38.1. The molecule has 0 aliphatic carbocycles. The third-order valence-corrected chi connectivity index (χ3v) is 8.02. The average Bonchev–Trinajstić information content (AvgIpc) is 3.08. The number of ether oxygens (including phenoxy) is 2. The summed E-state index contributed by atoms with van der Waals surface area (Å²) in [5.41, 5.74) is -1.70. The Hall–Kier alpha value is -0.960. The SMILES string of the molecule is CCCCCCCCCCCCC/C=C/[C@@H]1OC(C)(C)N(C(=O)OC(C)(C)C)[C@H]1COP(=O)(O)OCC[N+](C)(C)C. The molecule has 1 saturated heterocycles. The van der Waals surface area contributed by atoms with Crippen LogP contribution in [-0.2, 0) is 23.1 Å². The molecule has 0 bridgehead atoms. The summed E-state index contributed by atoms with van der Waals surface area (Å²) in [6.45, 7) is 11.6. The highest BCUT2D eigenvalue weighted by atomic mass is 31.2. The van der Waals surface area contributed by atoms with E-state index in [2.05, 4.69) is 13.0 Å². The van der Waals surface area contributed by atoms with Gasteiger partial charge in [0.2, 0.25) is 0 Å². The van der Waals surface area contributed by atoms with E-state index in [1.807, 2.05) is 27.2 Å². The quantitative estimate of drug-likeness (QED) is 0.0654. The van der Waals surface area contributed by atoms with Gasteiger partial charge >= 0.3 is 13.9 Å². The lowest BCUT2D eigenvalue weighted by atomic mass is 10.0. The zero-order valence-electron chi connectivity index (χ0n) is 27.7. The molecule has 10 heteroatoms. The van der Waals surface area contributed by atoms with E-state index in [1.54, 1.807) is 34.6 Å². The molecule has 9 nitrogen and oxygen atoms in total. The monoisotopic (exact) mass is 605 g/mol. The zero-order valence-corrected chi connectivity index (χ0v) is 28.5. The van der Waals surface area contributed by atoms with Gasteiger partial charge in [-0.25, -0.2) is 9.36 Å². The van der Waals surface area contributed by atoms with Crippen LogP contribution in [0.3, 0.4) is 0 Å². The van der Waals surface area contributed by atoms with E-state index in [-0.39, 0.29) is 13.2 Å². The number of amides is 1. The number of rotatable bonds is 20. The summed E-state index contributed by atoms with van der Waals surface area (Å²) in [5, 5.41) is 0. The molecule has 1 aliphatic heterocycles. The van der Waals surface area contributed by atoms with Gasteiger partial charge in [0.05, 0.1) is 33.8 Å². The van der Waals surface area contributed by atoms with Crippen LogP contribution in [-0.4, -0.2) is 84.7 Å². The molecule has 41 heavy (non-hydrogen) atoms. The van der Waals surface area contributed by atoms with Crippen LogP contribution in [0.1, 0.15) is 119 Å². The van der Waals surface area contributed by atoms with Gasteiger partial charge in [0.1, 0.15) is 30.6 Å². The van der Waals surface area contributed by atoms with E-state index < -0.39 is 37.4 Å². The van der Waals surface area contributed by atoms with Crippen molar-refractivity contribution >= 4 is 13.9 Å². The zero-order chi connectivity index (χ0) is 31.2. The fourth-order valence-corrected chi connectivity index (χ4v) is 5.54. The molecule has 1 amide bonds. The number of hydrogen-bond donors (Lipinski definition) is 1. The number of carbonyl (C=O) groups excluding carboxylic acids is 1. The molecule has 0 radical (unpaired) electrons. The van der Waals surface area contributed by atoms with Gasteiger partial charge in [-0.15, -0.1) is 0 Å². The van der Waals surface area contributed by atoms with E-state index in [0.717, 1.165) is 12.8 Å². The van der Waals surface area contributed by atoms with E-state index in [4.69, 9.17) is 18.5 Å². The molecule has 0 spiro atoms. The Balaban J connectivity index is 2.70. The van der Waals surface area contributed by atoms with Crippen LogP contribution >= 0.6 is 7.82 Å². The Kier molecular flexibility index (Phi) is 16.7. The fraction of sp³-hybridized carbons (Fsp3) is 0.903. The third-order valence-electron chi connectivity index (χ3n) is 7.03. The topological polar surface area (TPSA) is 94.5 Å². The molecular weight excluding hydrogens is 543 g/mol. The Morgan fingerprint density at radius 3 is 2.02 bits per heavy atom. The number of hydrogen-bond acceptors (Lipinski definition) is 6. The summed E-state index contributed by atoms with van der Waals surface area (Å²) in [4.78, 5) is 25.0. The van der Waals surface area contributed by atoms with Crippen molar-refractivity contribution in [3.05, 3.63) is 12.2 Å². The van der Waals surface area contributed by atoms with Crippen LogP contribution in [0.5, 0.6) is 0 Å². The summed E-state index contributed by atoms with van der Waals surface area (Å²) in [7, 11) is 1.58. The van der Waals surface area contributed by atoms with Gasteiger partial charge in [-0.3, -0.25) is 13.9 Å². The summed E-state index contributed by atoms with van der Waals surface area (Å²) in [5.74, 6) is 0. The smallest absolute Gasteiger partial charge is 0.444 e. The Labute approximate surface area is 251 Å². The van der Waals surface area contributed by atoms with Crippen LogP contribution < -0.4 is 0 Å². The average molecular weight is 606 g/mol. The van der Waals surface area contributed by atoms with E-state index in [1.165, 1.54) is 69.1 Å². The summed E-state index contributed by atoms with van der Waals surface area (Å²) >= 11 is 0. The molecule has 3 atom stereocenters. The minimum Gasteiger partial charge on any atom is -0.444 e. The van der Waals surface area contributed by atoms with Gasteiger partial charge in [0.25, 0.3) is 0 Å². The molecule has 0 aromatic heterocycles. The van der Waals surface area contributed by atoms with Crippen molar-refractivity contribution in [1.82, 2.24) is 4.90 Å². The van der Waals surface area contributed by atoms with Crippen molar-refractivity contribution < 1.29 is 37.3 Å². The van der Waals surface area contributed by atoms with Crippen molar-refractivity contribution in [3.63, 3.8) is 0 Å². The summed E-state index contributed by atoms with van der Waals surface area (Å²) in [6.07, 6.45) is 18.1. The Morgan fingerprint density at radius 2 is 1.51 bits per heavy atom. The lowest BCUT2D eigenvalue weighted by molar-refractivity contribution is -0.870. The van der Waals surface area contributed by atoms with Crippen molar-refractivity contribution in [3.8, 4) is 0 Å². The van der Waals surface area contributed by atoms with E-state index in [0.29, 0.717) is 11.0 Å². The standard InChI is InChI=1S/C31H61N2O7P/c1-10-11-12-13-14-15-16-17-18-19-20-21-22-23-28-27(26-38-41(35,36)37-25-24-33(7,8)9)32(31(5,6)39-28)29(34)40-30(2,3)4/h22-23,27-28H,10-21,24-26H2,1-9H3/p+1/b23-22+/t27-,28-/m0/s1. The number of phosphoric acid groups is 1. The van der Waals surface area contributed by atoms with Crippen LogP contribution in [0.2, 0.25) is 0 Å². The number of unbranched alkanes of at least 4 members (excludes halogenated alkanes) is 11. The first-order valence-electron chi connectivity index (χ1n) is 15.8. The van der Waals surface area contributed by atoms with Crippen LogP contribution in [0.4, 0.5) is 4.79 Å². The van der Waals surface area contributed by atoms with E-state index in [9.17, 15) is 14.3 Å². The fourth-order valence-electron chi connectivity index (χ4n) is 4.81. The molecule has 0 aromatic carbocycles. The number of likely N-dealkylation sites (N-methyl/N-ethyl adjacent to an activating group) is 1. The molecule has 1 fully saturated rings. The molecule has 1 aliphatic rings. The highest BCUT2D eigenvalue weighted by molar-refractivity contribution is 7.47. The van der Waals surface area contributed by atoms with Crippen LogP contribution in [0.25, 0.3) is 0 Å². The van der Waals surface area contributed by atoms with Gasteiger partial charge < -0.3 is 18.9 Å². The molecule has 1 heterocycles. The van der Waals surface area contributed by atoms with Gasteiger partial charge in [0.15, 0.2) is 0 Å². The second kappa shape index (κ2) is 18.0.